The summed E-state index contributed by atoms with van der Waals surface area (Å²) in [6.45, 7) is 2.60. The van der Waals surface area contributed by atoms with Gasteiger partial charge in [-0.2, -0.15) is 0 Å². The van der Waals surface area contributed by atoms with Gasteiger partial charge in [0, 0.05) is 11.6 Å². The summed E-state index contributed by atoms with van der Waals surface area (Å²) >= 11 is 0. The molecule has 2 saturated carbocycles. The molecule has 0 aromatic rings. The third-order valence-corrected chi connectivity index (χ3v) is 4.44. The number of hydrogen-bond acceptors (Lipinski definition) is 2. The molecule has 0 saturated heterocycles. The van der Waals surface area contributed by atoms with Crippen molar-refractivity contribution in [3.63, 3.8) is 0 Å². The van der Waals surface area contributed by atoms with Crippen molar-refractivity contribution in [3.8, 4) is 0 Å². The van der Waals surface area contributed by atoms with E-state index < -0.39 is 0 Å². The first kappa shape index (κ1) is 12.4. The topological polar surface area (TPSA) is 32.3 Å². The summed E-state index contributed by atoms with van der Waals surface area (Å²) < 4.78 is 0. The van der Waals surface area contributed by atoms with E-state index in [2.05, 4.69) is 12.2 Å². The van der Waals surface area contributed by atoms with Gasteiger partial charge in [-0.1, -0.05) is 32.1 Å². The van der Waals surface area contributed by atoms with Gasteiger partial charge in [-0.15, -0.1) is 0 Å². The Labute approximate surface area is 99.8 Å². The maximum atomic E-state index is 9.26. The summed E-state index contributed by atoms with van der Waals surface area (Å²) in [7, 11) is 0. The average Bonchev–Trinajstić information content (AvgIpc) is 3.08. The Morgan fingerprint density at radius 1 is 1.25 bits per heavy atom. The molecular formula is C14H27NO. The van der Waals surface area contributed by atoms with Crippen LogP contribution < -0.4 is 5.32 Å². The van der Waals surface area contributed by atoms with Crippen molar-refractivity contribution in [2.75, 3.05) is 6.61 Å². The summed E-state index contributed by atoms with van der Waals surface area (Å²) in [5.41, 5.74) is 0.117. The van der Waals surface area contributed by atoms with Crippen LogP contribution >= 0.6 is 0 Å². The van der Waals surface area contributed by atoms with E-state index in [0.717, 1.165) is 18.8 Å². The molecule has 2 N–H and O–H groups in total. The quantitative estimate of drug-likeness (QED) is 0.728. The van der Waals surface area contributed by atoms with Gasteiger partial charge in [0.25, 0.3) is 0 Å². The molecule has 16 heavy (non-hydrogen) atoms. The van der Waals surface area contributed by atoms with Crippen LogP contribution in [-0.4, -0.2) is 23.3 Å². The lowest BCUT2D eigenvalue weighted by molar-refractivity contribution is 0.214. The highest BCUT2D eigenvalue weighted by molar-refractivity contribution is 5.02. The van der Waals surface area contributed by atoms with E-state index in [-0.39, 0.29) is 5.54 Å². The molecular weight excluding hydrogens is 198 g/mol. The zero-order valence-corrected chi connectivity index (χ0v) is 10.7. The van der Waals surface area contributed by atoms with Crippen molar-refractivity contribution in [2.24, 2.45) is 5.92 Å². The minimum atomic E-state index is 0.117. The smallest absolute Gasteiger partial charge is 0.0613 e. The van der Waals surface area contributed by atoms with Crippen LogP contribution in [0.25, 0.3) is 0 Å². The first-order valence-corrected chi connectivity index (χ1v) is 7.13. The van der Waals surface area contributed by atoms with E-state index in [1.807, 2.05) is 0 Å². The third-order valence-electron chi connectivity index (χ3n) is 4.44. The molecule has 2 aliphatic carbocycles. The standard InChI is InChI=1S/C14H27NO/c1-12(15-14(11-16)9-10-14)7-8-13-5-3-2-4-6-13/h12-13,15-16H,2-11H2,1H3. The van der Waals surface area contributed by atoms with Crippen LogP contribution in [-0.2, 0) is 0 Å². The highest BCUT2D eigenvalue weighted by Crippen LogP contribution is 2.35. The minimum Gasteiger partial charge on any atom is -0.394 e. The van der Waals surface area contributed by atoms with Crippen LogP contribution in [0.4, 0.5) is 0 Å². The van der Waals surface area contributed by atoms with Crippen molar-refractivity contribution in [3.05, 3.63) is 0 Å². The molecule has 1 atom stereocenters. The van der Waals surface area contributed by atoms with E-state index in [1.165, 1.54) is 44.9 Å². The van der Waals surface area contributed by atoms with Crippen molar-refractivity contribution in [1.82, 2.24) is 5.32 Å². The zero-order chi connectivity index (χ0) is 11.4. The van der Waals surface area contributed by atoms with E-state index in [1.54, 1.807) is 0 Å². The fourth-order valence-corrected chi connectivity index (χ4v) is 3.06. The Bertz CT molecular complexity index is 207. The van der Waals surface area contributed by atoms with Crippen molar-refractivity contribution < 1.29 is 5.11 Å². The van der Waals surface area contributed by atoms with Crippen molar-refractivity contribution in [2.45, 2.75) is 76.3 Å². The Kier molecular flexibility index (Phi) is 4.26. The summed E-state index contributed by atoms with van der Waals surface area (Å²) in [6, 6.07) is 0.580. The molecule has 1 unspecified atom stereocenters. The summed E-state index contributed by atoms with van der Waals surface area (Å²) in [5.74, 6) is 0.988. The van der Waals surface area contributed by atoms with Crippen LogP contribution in [0.3, 0.4) is 0 Å². The Balaban J connectivity index is 1.61. The highest BCUT2D eigenvalue weighted by atomic mass is 16.3. The summed E-state index contributed by atoms with van der Waals surface area (Å²) in [6.07, 6.45) is 12.3. The maximum absolute atomic E-state index is 9.26. The van der Waals surface area contributed by atoms with Crippen LogP contribution in [0.1, 0.15) is 64.7 Å². The van der Waals surface area contributed by atoms with E-state index in [4.69, 9.17) is 0 Å². The first-order chi connectivity index (χ1) is 7.74. The van der Waals surface area contributed by atoms with Gasteiger partial charge in [0.2, 0.25) is 0 Å². The van der Waals surface area contributed by atoms with E-state index in [9.17, 15) is 5.11 Å². The van der Waals surface area contributed by atoms with Gasteiger partial charge in [0.15, 0.2) is 0 Å². The van der Waals surface area contributed by atoms with Gasteiger partial charge in [0.1, 0.15) is 0 Å². The Morgan fingerprint density at radius 3 is 2.50 bits per heavy atom. The molecule has 2 rings (SSSR count). The maximum Gasteiger partial charge on any atom is 0.0613 e. The SMILES string of the molecule is CC(CCC1CCCCC1)NC1(CO)CC1. The number of rotatable bonds is 6. The third kappa shape index (κ3) is 3.46. The van der Waals surface area contributed by atoms with Gasteiger partial charge >= 0.3 is 0 Å². The van der Waals surface area contributed by atoms with Gasteiger partial charge in [-0.05, 0) is 38.5 Å². The van der Waals surface area contributed by atoms with Crippen LogP contribution in [0.5, 0.6) is 0 Å². The Hall–Kier alpha value is -0.0800. The number of aliphatic hydroxyl groups excluding tert-OH is 1. The lowest BCUT2D eigenvalue weighted by Gasteiger charge is -2.25. The monoisotopic (exact) mass is 225 g/mol. The molecule has 0 bridgehead atoms. The number of nitrogens with one attached hydrogen (secondary N) is 1. The normalized spacial score (nSPS) is 26.6. The molecule has 0 aromatic carbocycles. The molecule has 0 aromatic heterocycles. The van der Waals surface area contributed by atoms with Gasteiger partial charge in [0.05, 0.1) is 6.61 Å². The molecule has 2 nitrogen and oxygen atoms in total. The van der Waals surface area contributed by atoms with Crippen LogP contribution in [0.2, 0.25) is 0 Å². The molecule has 2 aliphatic rings. The lowest BCUT2D eigenvalue weighted by atomic mass is 9.85. The fraction of sp³-hybridized carbons (Fsp3) is 1.00. The molecule has 0 amide bonds. The molecule has 2 heteroatoms. The molecule has 2 fully saturated rings. The first-order valence-electron chi connectivity index (χ1n) is 7.13. The zero-order valence-electron chi connectivity index (χ0n) is 10.7. The van der Waals surface area contributed by atoms with Crippen molar-refractivity contribution in [1.29, 1.82) is 0 Å². The number of aliphatic hydroxyl groups is 1. The lowest BCUT2D eigenvalue weighted by Crippen LogP contribution is -2.41. The Morgan fingerprint density at radius 2 is 1.94 bits per heavy atom. The molecule has 0 radical (unpaired) electrons. The van der Waals surface area contributed by atoms with Crippen molar-refractivity contribution >= 4 is 0 Å². The predicted molar refractivity (Wildman–Crippen MR) is 67.5 cm³/mol. The largest absolute Gasteiger partial charge is 0.394 e. The predicted octanol–water partition coefficient (Wildman–Crippen LogP) is 2.85. The second kappa shape index (κ2) is 5.50. The minimum absolute atomic E-state index is 0.117. The molecule has 94 valence electrons. The second-order valence-electron chi connectivity index (χ2n) is 6.07. The molecule has 0 aliphatic heterocycles. The highest BCUT2D eigenvalue weighted by Gasteiger charge is 2.42. The van der Waals surface area contributed by atoms with Crippen LogP contribution in [0, 0.1) is 5.92 Å². The fourth-order valence-electron chi connectivity index (χ4n) is 3.06. The van der Waals surface area contributed by atoms with E-state index >= 15 is 0 Å². The molecule has 0 heterocycles. The summed E-state index contributed by atoms with van der Waals surface area (Å²) in [5, 5.41) is 12.9. The summed E-state index contributed by atoms with van der Waals surface area (Å²) in [4.78, 5) is 0. The van der Waals surface area contributed by atoms with Gasteiger partial charge in [-0.3, -0.25) is 0 Å². The van der Waals surface area contributed by atoms with Gasteiger partial charge < -0.3 is 10.4 Å². The second-order valence-corrected chi connectivity index (χ2v) is 6.07. The van der Waals surface area contributed by atoms with E-state index in [0.29, 0.717) is 12.6 Å². The average molecular weight is 225 g/mol. The van der Waals surface area contributed by atoms with Crippen LogP contribution in [0.15, 0.2) is 0 Å². The number of hydrogen-bond donors (Lipinski definition) is 2. The molecule has 0 spiro atoms. The van der Waals surface area contributed by atoms with Gasteiger partial charge in [-0.25, -0.2) is 0 Å².